The highest BCUT2D eigenvalue weighted by Gasteiger charge is 2.33. The van der Waals surface area contributed by atoms with Gasteiger partial charge in [0.25, 0.3) is 0 Å². The van der Waals surface area contributed by atoms with Crippen molar-refractivity contribution in [2.45, 2.75) is 6.17 Å². The van der Waals surface area contributed by atoms with E-state index < -0.39 is 6.17 Å². The number of fused-ring (bicyclic) bond motifs is 2. The van der Waals surface area contributed by atoms with Crippen LogP contribution in [0.1, 0.15) is 43.6 Å². The highest BCUT2D eigenvalue weighted by molar-refractivity contribution is 6.28. The molecule has 0 radical (unpaired) electrons. The van der Waals surface area contributed by atoms with Gasteiger partial charge in [-0.25, -0.2) is 15.8 Å². The van der Waals surface area contributed by atoms with E-state index in [1.165, 1.54) is 17.7 Å². The first-order valence-corrected chi connectivity index (χ1v) is 7.08. The number of carbonyl (C=O) groups excluding carboxylic acids is 2. The van der Waals surface area contributed by atoms with E-state index in [9.17, 15) is 9.59 Å². The lowest BCUT2D eigenvalue weighted by atomic mass is 9.81. The summed E-state index contributed by atoms with van der Waals surface area (Å²) in [6, 6.07) is 12.0. The van der Waals surface area contributed by atoms with E-state index in [0.29, 0.717) is 27.8 Å². The lowest BCUT2D eigenvalue weighted by Gasteiger charge is -2.27. The van der Waals surface area contributed by atoms with Crippen LogP contribution in [-0.2, 0) is 0 Å². The van der Waals surface area contributed by atoms with Gasteiger partial charge in [0.2, 0.25) is 0 Å². The van der Waals surface area contributed by atoms with Gasteiger partial charge in [0, 0.05) is 27.8 Å². The molecule has 0 aromatic heterocycles. The van der Waals surface area contributed by atoms with E-state index in [-0.39, 0.29) is 11.6 Å². The zero-order valence-electron chi connectivity index (χ0n) is 12.0. The lowest BCUT2D eigenvalue weighted by Crippen LogP contribution is -2.36. The Hall–Kier alpha value is -3.12. The number of hydrogen-bond donors (Lipinski definition) is 1. The summed E-state index contributed by atoms with van der Waals surface area (Å²) in [6.07, 6.45) is 2.24. The second-order valence-corrected chi connectivity index (χ2v) is 5.32. The predicted molar refractivity (Wildman–Crippen MR) is 85.5 cm³/mol. The number of carbonyl (C=O) groups is 2. The van der Waals surface area contributed by atoms with Crippen LogP contribution in [0.4, 0.5) is 0 Å². The molecule has 6 heteroatoms. The van der Waals surface area contributed by atoms with Gasteiger partial charge in [0.1, 0.15) is 12.7 Å². The van der Waals surface area contributed by atoms with E-state index in [1.54, 1.807) is 42.5 Å². The largest absolute Gasteiger partial charge is 0.289 e. The smallest absolute Gasteiger partial charge is 0.194 e. The average Bonchev–Trinajstić information content (AvgIpc) is 2.59. The molecular formula is C17H12N4O2. The van der Waals surface area contributed by atoms with Crippen molar-refractivity contribution < 1.29 is 9.59 Å². The third kappa shape index (κ3) is 1.92. The van der Waals surface area contributed by atoms with Crippen molar-refractivity contribution in [2.75, 3.05) is 0 Å². The number of hydrazine groups is 1. The SMILES string of the molecule is NN1C=NC=NC1c1cccc2c1C(=O)c1ccccc1C2=O. The number of nitrogens with two attached hydrogens (primary N) is 1. The zero-order valence-corrected chi connectivity index (χ0v) is 12.0. The highest BCUT2D eigenvalue weighted by atomic mass is 16.1. The summed E-state index contributed by atoms with van der Waals surface area (Å²) in [5, 5.41) is 1.31. The maximum atomic E-state index is 12.9. The van der Waals surface area contributed by atoms with Crippen molar-refractivity contribution in [2.24, 2.45) is 15.8 Å². The van der Waals surface area contributed by atoms with Crippen LogP contribution >= 0.6 is 0 Å². The van der Waals surface area contributed by atoms with Gasteiger partial charge in [-0.15, -0.1) is 0 Å². The summed E-state index contributed by atoms with van der Waals surface area (Å²) >= 11 is 0. The molecular weight excluding hydrogens is 292 g/mol. The number of aliphatic imine (C=N–C) groups is 2. The fraction of sp³-hybridized carbons (Fsp3) is 0.0588. The number of nitrogens with zero attached hydrogens (tertiary/aromatic N) is 3. The summed E-state index contributed by atoms with van der Waals surface area (Å²) in [6.45, 7) is 0. The fourth-order valence-corrected chi connectivity index (χ4v) is 2.98. The van der Waals surface area contributed by atoms with Crippen LogP contribution in [0.25, 0.3) is 0 Å². The standard InChI is InChI=1S/C17H12N4O2/c18-21-9-19-8-20-17(21)13-7-3-6-12-14(13)16(23)11-5-2-1-4-10(11)15(12)22/h1-9,17H,18H2. The van der Waals surface area contributed by atoms with Crippen LogP contribution in [0.3, 0.4) is 0 Å². The molecule has 1 unspecified atom stereocenters. The molecule has 6 nitrogen and oxygen atoms in total. The molecule has 2 N–H and O–H groups in total. The molecule has 2 aromatic carbocycles. The Morgan fingerprint density at radius 3 is 2.35 bits per heavy atom. The van der Waals surface area contributed by atoms with Gasteiger partial charge < -0.3 is 0 Å². The van der Waals surface area contributed by atoms with Crippen molar-refractivity contribution in [3.05, 3.63) is 70.3 Å². The molecule has 0 spiro atoms. The first kappa shape index (κ1) is 13.5. The van der Waals surface area contributed by atoms with Crippen molar-refractivity contribution in [3.8, 4) is 0 Å². The Morgan fingerprint density at radius 2 is 1.61 bits per heavy atom. The summed E-state index contributed by atoms with van der Waals surface area (Å²) in [5.41, 5.74) is 2.19. The number of hydrogen-bond acceptors (Lipinski definition) is 6. The molecule has 112 valence electrons. The minimum Gasteiger partial charge on any atom is -0.289 e. The molecule has 1 aliphatic heterocycles. The fourth-order valence-electron chi connectivity index (χ4n) is 2.98. The molecule has 0 amide bonds. The molecule has 1 aliphatic carbocycles. The Morgan fingerprint density at radius 1 is 0.913 bits per heavy atom. The van der Waals surface area contributed by atoms with Crippen LogP contribution in [0.5, 0.6) is 0 Å². The van der Waals surface area contributed by atoms with E-state index in [4.69, 9.17) is 5.84 Å². The second-order valence-electron chi connectivity index (χ2n) is 5.32. The molecule has 1 heterocycles. The third-order valence-corrected chi connectivity index (χ3v) is 4.02. The van der Waals surface area contributed by atoms with Crippen LogP contribution in [0.15, 0.2) is 52.4 Å². The van der Waals surface area contributed by atoms with Crippen molar-refractivity contribution >= 4 is 24.2 Å². The van der Waals surface area contributed by atoms with Gasteiger partial charge in [-0.1, -0.05) is 42.5 Å². The average molecular weight is 304 g/mol. The zero-order chi connectivity index (χ0) is 16.0. The number of ketones is 2. The number of rotatable bonds is 1. The van der Waals surface area contributed by atoms with Gasteiger partial charge in [0.05, 0.1) is 0 Å². The first-order valence-electron chi connectivity index (χ1n) is 7.08. The third-order valence-electron chi connectivity index (χ3n) is 4.02. The van der Waals surface area contributed by atoms with Gasteiger partial charge in [0.15, 0.2) is 17.7 Å². The van der Waals surface area contributed by atoms with Crippen molar-refractivity contribution in [1.82, 2.24) is 5.01 Å². The van der Waals surface area contributed by atoms with Crippen LogP contribution < -0.4 is 5.84 Å². The van der Waals surface area contributed by atoms with E-state index in [1.807, 2.05) is 0 Å². The molecule has 0 saturated carbocycles. The van der Waals surface area contributed by atoms with Crippen LogP contribution in [-0.4, -0.2) is 29.3 Å². The van der Waals surface area contributed by atoms with Crippen molar-refractivity contribution in [1.29, 1.82) is 0 Å². The Kier molecular flexibility index (Phi) is 2.92. The van der Waals surface area contributed by atoms with Gasteiger partial charge in [-0.05, 0) is 0 Å². The van der Waals surface area contributed by atoms with Crippen LogP contribution in [0, 0.1) is 0 Å². The molecule has 2 aliphatic rings. The monoisotopic (exact) mass is 304 g/mol. The summed E-state index contributed by atoms with van der Waals surface area (Å²) in [5.74, 6) is 5.55. The quantitative estimate of drug-likeness (QED) is 0.693. The normalized spacial score (nSPS) is 18.8. The van der Waals surface area contributed by atoms with Gasteiger partial charge in [-0.3, -0.25) is 14.6 Å². The lowest BCUT2D eigenvalue weighted by molar-refractivity contribution is 0.0977. The minimum atomic E-state index is -0.579. The van der Waals surface area contributed by atoms with Gasteiger partial charge in [-0.2, -0.15) is 0 Å². The summed E-state index contributed by atoms with van der Waals surface area (Å²) < 4.78 is 0. The molecule has 1 atom stereocenters. The molecule has 23 heavy (non-hydrogen) atoms. The Labute approximate surface area is 131 Å². The van der Waals surface area contributed by atoms with E-state index >= 15 is 0 Å². The molecule has 0 bridgehead atoms. The summed E-state index contributed by atoms with van der Waals surface area (Å²) in [7, 11) is 0. The predicted octanol–water partition coefficient (Wildman–Crippen LogP) is 1.71. The number of benzene rings is 2. The maximum Gasteiger partial charge on any atom is 0.194 e. The topological polar surface area (TPSA) is 88.1 Å². The maximum absolute atomic E-state index is 12.9. The first-order chi connectivity index (χ1) is 11.2. The van der Waals surface area contributed by atoms with E-state index in [0.717, 1.165) is 0 Å². The Balaban J connectivity index is 1.94. The van der Waals surface area contributed by atoms with E-state index in [2.05, 4.69) is 9.98 Å². The van der Waals surface area contributed by atoms with Crippen molar-refractivity contribution in [3.63, 3.8) is 0 Å². The Bertz CT molecular complexity index is 901. The molecule has 0 fully saturated rings. The molecule has 2 aromatic rings. The molecule has 4 rings (SSSR count). The molecule has 0 saturated heterocycles. The summed E-state index contributed by atoms with van der Waals surface area (Å²) in [4.78, 5) is 33.7. The van der Waals surface area contributed by atoms with Gasteiger partial charge >= 0.3 is 0 Å². The highest BCUT2D eigenvalue weighted by Crippen LogP contribution is 2.33. The second kappa shape index (κ2) is 4.96. The minimum absolute atomic E-state index is 0.158. The van der Waals surface area contributed by atoms with Crippen LogP contribution in [0.2, 0.25) is 0 Å².